The van der Waals surface area contributed by atoms with Gasteiger partial charge in [-0.25, -0.2) is 13.2 Å². The number of aromatic nitrogens is 2. The van der Waals surface area contributed by atoms with Gasteiger partial charge < -0.3 is 24.6 Å². The third kappa shape index (κ3) is 7.29. The topological polar surface area (TPSA) is 115 Å². The van der Waals surface area contributed by atoms with Gasteiger partial charge in [-0.05, 0) is 92.6 Å². The first-order valence-electron chi connectivity index (χ1n) is 18.7. The van der Waals surface area contributed by atoms with Crippen molar-refractivity contribution in [2.75, 3.05) is 50.9 Å². The first-order valence-corrected chi connectivity index (χ1v) is 18.7. The summed E-state index contributed by atoms with van der Waals surface area (Å²) in [6.45, 7) is 16.9. The van der Waals surface area contributed by atoms with Crippen LogP contribution in [0.3, 0.4) is 0 Å². The first-order chi connectivity index (χ1) is 25.1. The van der Waals surface area contributed by atoms with Gasteiger partial charge in [0, 0.05) is 29.6 Å². The van der Waals surface area contributed by atoms with Crippen LogP contribution in [0.5, 0.6) is 11.8 Å². The third-order valence-corrected chi connectivity index (χ3v) is 10.5. The fourth-order valence-corrected chi connectivity index (χ4v) is 8.43. The Morgan fingerprint density at radius 3 is 2.60 bits per heavy atom. The van der Waals surface area contributed by atoms with Gasteiger partial charge in [0.25, 0.3) is 0 Å². The van der Waals surface area contributed by atoms with Gasteiger partial charge in [0.1, 0.15) is 29.5 Å². The molecule has 7 rings (SSSR count). The molecule has 3 N–H and O–H groups in total. The summed E-state index contributed by atoms with van der Waals surface area (Å²) in [7, 11) is 0. The van der Waals surface area contributed by atoms with Crippen LogP contribution in [0.4, 0.5) is 19.0 Å². The summed E-state index contributed by atoms with van der Waals surface area (Å²) >= 11 is 0. The summed E-state index contributed by atoms with van der Waals surface area (Å²) in [5.74, 6) is -1.60. The lowest BCUT2D eigenvalue weighted by atomic mass is 9.81. The number of aryl methyl sites for hydroxylation is 1. The lowest BCUT2D eigenvalue weighted by Gasteiger charge is -2.33. The lowest BCUT2D eigenvalue weighted by Crippen LogP contribution is -2.44. The number of halogens is 3. The molecule has 4 heterocycles. The largest absolute Gasteiger partial charge is 0.505 e. The van der Waals surface area contributed by atoms with Crippen molar-refractivity contribution >= 4 is 39.3 Å². The number of aromatic hydroxyl groups is 1. The number of allylic oxidation sites excluding steroid dienone is 3. The minimum absolute atomic E-state index is 0.0214. The van der Waals surface area contributed by atoms with E-state index in [-0.39, 0.29) is 93.6 Å². The number of aliphatic hydroxyl groups is 1. The van der Waals surface area contributed by atoms with Crippen LogP contribution in [-0.2, 0) is 11.2 Å². The molecule has 12 heteroatoms. The van der Waals surface area contributed by atoms with Crippen molar-refractivity contribution in [3.8, 4) is 11.8 Å². The summed E-state index contributed by atoms with van der Waals surface area (Å²) in [5.41, 5.74) is -1.43. The van der Waals surface area contributed by atoms with E-state index in [9.17, 15) is 15.6 Å². The first kappa shape index (κ1) is 38.7. The highest BCUT2D eigenvalue weighted by atomic mass is 19.1. The Kier molecular flexibility index (Phi) is 11.0. The van der Waals surface area contributed by atoms with Gasteiger partial charge in [0.05, 0.1) is 36.6 Å². The molecule has 53 heavy (non-hydrogen) atoms. The van der Waals surface area contributed by atoms with E-state index in [0.717, 1.165) is 50.4 Å². The summed E-state index contributed by atoms with van der Waals surface area (Å²) in [6.07, 6.45) is 4.80. The zero-order valence-electron chi connectivity index (χ0n) is 31.9. The molecular weight excluding hydrogens is 683 g/mol. The second kappa shape index (κ2) is 15.0. The number of hydrogen-bond acceptors (Lipinski definition) is 9. The van der Waals surface area contributed by atoms with Crippen molar-refractivity contribution in [2.24, 2.45) is 11.8 Å². The highest BCUT2D eigenvalue weighted by molar-refractivity contribution is 6.50. The quantitative estimate of drug-likeness (QED) is 0.234. The Morgan fingerprint density at radius 1 is 1.17 bits per heavy atom. The zero-order valence-corrected chi connectivity index (χ0v) is 31.9. The lowest BCUT2D eigenvalue weighted by molar-refractivity contribution is -0.0123. The van der Waals surface area contributed by atoms with E-state index >= 15 is 13.2 Å². The van der Waals surface area contributed by atoms with Crippen LogP contribution in [0.2, 0.25) is 0 Å². The maximum Gasteiger partial charge on any atom is 0.319 e. The van der Waals surface area contributed by atoms with E-state index in [4.69, 9.17) is 14.5 Å². The highest BCUT2D eigenvalue weighted by Gasteiger charge is 2.48. The Balaban J connectivity index is 0.00000114. The number of anilines is 1. The minimum atomic E-state index is -1.25. The molecule has 3 atom stereocenters. The number of rotatable bonds is 6. The van der Waals surface area contributed by atoms with Gasteiger partial charge >= 0.3 is 6.01 Å². The van der Waals surface area contributed by atoms with Gasteiger partial charge in [-0.15, -0.1) is 0 Å². The highest BCUT2D eigenvalue weighted by Crippen LogP contribution is 2.48. The molecule has 0 radical (unpaired) electrons. The number of β-amino-alcohol motifs (C(OH)–C–C–N with tert-alkyl or cyclic N) is 1. The van der Waals surface area contributed by atoms with Crippen LogP contribution in [0.15, 0.2) is 24.3 Å². The smallest absolute Gasteiger partial charge is 0.319 e. The number of phenolic OH excluding ortho intramolecular Hbond substituents is 1. The summed E-state index contributed by atoms with van der Waals surface area (Å²) in [6, 6.07) is 3.34. The molecule has 1 aliphatic carbocycles. The second-order valence-corrected chi connectivity index (χ2v) is 16.0. The minimum Gasteiger partial charge on any atom is -0.505 e. The summed E-state index contributed by atoms with van der Waals surface area (Å²) in [5, 5.41) is 31.1. The van der Waals surface area contributed by atoms with Gasteiger partial charge in [0.2, 0.25) is 0 Å². The number of ether oxygens (including phenoxy) is 2. The van der Waals surface area contributed by atoms with Crippen molar-refractivity contribution in [1.29, 1.82) is 5.41 Å². The van der Waals surface area contributed by atoms with E-state index in [1.54, 1.807) is 31.7 Å². The van der Waals surface area contributed by atoms with Gasteiger partial charge in [-0.2, -0.15) is 9.97 Å². The third-order valence-electron chi connectivity index (χ3n) is 10.5. The predicted octanol–water partition coefficient (Wildman–Crippen LogP) is 7.95. The summed E-state index contributed by atoms with van der Waals surface area (Å²) in [4.78, 5) is 13.7. The zero-order chi connectivity index (χ0) is 38.4. The van der Waals surface area contributed by atoms with Gasteiger partial charge in [-0.3, -0.25) is 10.3 Å². The average Bonchev–Trinajstić information content (AvgIpc) is 3.55. The predicted molar refractivity (Wildman–Crippen MR) is 203 cm³/mol. The van der Waals surface area contributed by atoms with E-state index in [1.165, 1.54) is 6.07 Å². The van der Waals surface area contributed by atoms with E-state index in [0.29, 0.717) is 19.1 Å². The molecule has 3 aliphatic heterocycles. The standard InChI is InChI=1S/C37H42F3N5O4.C4H10/c1-5-21-25(38)9-8-23-27(21)24(14-26(46)30(23)39)28-31(40)33-29(22(6-2)32(28)41)34(44-12-13-48-18-36(4,47)17-44)43-35(42-33)49-19-37-10-7-11-45(37)16-20(3)15-37;1-4(2)3/h6,8-9,14,20,41,46-47H,5,7,10-13,15-19H2,1-4H3;4H,1-3H3/b22-6-,41-32?;. The molecule has 3 aromatic rings. The molecule has 0 saturated carbocycles. The Bertz CT molecular complexity index is 1980. The van der Waals surface area contributed by atoms with Crippen molar-refractivity contribution in [1.82, 2.24) is 14.9 Å². The molecular formula is C41H52F3N5O4. The molecule has 3 unspecified atom stereocenters. The number of fused-ring (bicyclic) bond motifs is 3. The van der Waals surface area contributed by atoms with E-state index in [2.05, 4.69) is 37.6 Å². The number of nitrogens with zero attached hydrogens (tertiary/aromatic N) is 4. The van der Waals surface area contributed by atoms with Crippen molar-refractivity contribution in [3.63, 3.8) is 0 Å². The Morgan fingerprint density at radius 2 is 1.91 bits per heavy atom. The fraction of sp³-hybridized carbons (Fsp3) is 0.537. The normalized spacial score (nSPS) is 25.5. The van der Waals surface area contributed by atoms with Crippen molar-refractivity contribution in [2.45, 2.75) is 85.3 Å². The van der Waals surface area contributed by atoms with E-state index in [1.807, 2.05) is 0 Å². The van der Waals surface area contributed by atoms with Crippen molar-refractivity contribution < 1.29 is 32.9 Å². The molecule has 9 nitrogen and oxygen atoms in total. The Hall–Kier alpha value is -4.00. The van der Waals surface area contributed by atoms with Crippen LogP contribution in [-0.4, -0.2) is 87.9 Å². The van der Waals surface area contributed by atoms with Gasteiger partial charge in [0.15, 0.2) is 17.4 Å². The molecule has 4 aliphatic rings. The van der Waals surface area contributed by atoms with Gasteiger partial charge in [-0.1, -0.05) is 40.7 Å². The van der Waals surface area contributed by atoms with Crippen LogP contribution in [0, 0.1) is 28.9 Å². The molecule has 0 bridgehead atoms. The molecule has 3 saturated heterocycles. The molecule has 286 valence electrons. The molecule has 0 spiro atoms. The van der Waals surface area contributed by atoms with Crippen LogP contribution >= 0.6 is 0 Å². The molecule has 3 fully saturated rings. The average molecular weight is 736 g/mol. The molecule has 1 aromatic heterocycles. The van der Waals surface area contributed by atoms with Crippen LogP contribution in [0.1, 0.15) is 90.1 Å². The number of nitrogens with one attached hydrogen (secondary N) is 1. The maximum atomic E-state index is 17.3. The maximum absolute atomic E-state index is 17.3. The SMILES string of the molecule is C/C=C1\C(=N)C(c2cc(O)c(F)c3ccc(F)c(CC)c23)=C(F)c2nc(OCC34CCCN3CC(C)C4)nc(N3CCOCC(C)(O)C3)c21.CC(C)C. The molecule has 2 aromatic carbocycles. The van der Waals surface area contributed by atoms with Crippen LogP contribution in [0.25, 0.3) is 27.7 Å². The number of benzene rings is 2. The fourth-order valence-electron chi connectivity index (χ4n) is 8.43. The van der Waals surface area contributed by atoms with Crippen LogP contribution < -0.4 is 9.64 Å². The number of hydrogen-bond donors (Lipinski definition) is 3. The number of phenols is 1. The van der Waals surface area contributed by atoms with Crippen molar-refractivity contribution in [3.05, 3.63) is 58.3 Å². The van der Waals surface area contributed by atoms with E-state index < -0.39 is 28.8 Å². The summed E-state index contributed by atoms with van der Waals surface area (Å²) < 4.78 is 59.9. The Labute approximate surface area is 310 Å². The second-order valence-electron chi connectivity index (χ2n) is 16.0. The molecule has 0 amide bonds. The monoisotopic (exact) mass is 735 g/mol.